The van der Waals surface area contributed by atoms with Gasteiger partial charge in [0.1, 0.15) is 0 Å². The monoisotopic (exact) mass is 422 g/mol. The Morgan fingerprint density at radius 2 is 1.67 bits per heavy atom. The van der Waals surface area contributed by atoms with E-state index in [2.05, 4.69) is 51.6 Å². The second-order valence-electron chi connectivity index (χ2n) is 7.53. The Kier molecular flexibility index (Phi) is 6.44. The Morgan fingerprint density at radius 3 is 2.40 bits per heavy atom. The van der Waals surface area contributed by atoms with E-state index in [9.17, 15) is 4.79 Å². The molecule has 156 valence electrons. The van der Waals surface area contributed by atoms with Crippen LogP contribution < -0.4 is 0 Å². The molecule has 1 fully saturated rings. The quantitative estimate of drug-likeness (QED) is 0.569. The molecule has 0 N–H and O–H groups in total. The van der Waals surface area contributed by atoms with Gasteiger partial charge in [0.15, 0.2) is 0 Å². The van der Waals surface area contributed by atoms with E-state index in [0.29, 0.717) is 10.9 Å². The first-order valence-electron chi connectivity index (χ1n) is 10.1. The first kappa shape index (κ1) is 20.6. The standard InChI is InChI=1S/C22H26N6OS/c1-17-7-3-5-9-19(17)15-26-11-13-27(14-12-26)21(29)16-30-22-23-24-25-28(22)20-10-6-4-8-18(20)2/h3-10H,11-16H2,1-2H3. The number of benzene rings is 2. The molecular weight excluding hydrogens is 396 g/mol. The molecule has 3 aromatic rings. The molecule has 0 atom stereocenters. The Morgan fingerprint density at radius 1 is 0.967 bits per heavy atom. The highest BCUT2D eigenvalue weighted by atomic mass is 32.2. The lowest BCUT2D eigenvalue weighted by molar-refractivity contribution is -0.130. The van der Waals surface area contributed by atoms with Crippen molar-refractivity contribution in [1.29, 1.82) is 0 Å². The molecule has 2 heterocycles. The van der Waals surface area contributed by atoms with Gasteiger partial charge in [-0.2, -0.15) is 4.68 Å². The maximum Gasteiger partial charge on any atom is 0.233 e. The lowest BCUT2D eigenvalue weighted by Gasteiger charge is -2.35. The predicted molar refractivity (Wildman–Crippen MR) is 118 cm³/mol. The van der Waals surface area contributed by atoms with Gasteiger partial charge < -0.3 is 4.90 Å². The number of rotatable bonds is 6. The molecule has 4 rings (SSSR count). The van der Waals surface area contributed by atoms with E-state index in [-0.39, 0.29) is 5.91 Å². The minimum absolute atomic E-state index is 0.134. The average molecular weight is 423 g/mol. The van der Waals surface area contributed by atoms with Crippen LogP contribution in [0.1, 0.15) is 16.7 Å². The zero-order valence-electron chi connectivity index (χ0n) is 17.4. The van der Waals surface area contributed by atoms with E-state index in [0.717, 1.165) is 44.0 Å². The van der Waals surface area contributed by atoms with Crippen LogP contribution in [-0.4, -0.2) is 67.8 Å². The minimum Gasteiger partial charge on any atom is -0.339 e. The third-order valence-corrected chi connectivity index (χ3v) is 6.39. The number of para-hydroxylation sites is 1. The van der Waals surface area contributed by atoms with Gasteiger partial charge in [0, 0.05) is 32.7 Å². The third kappa shape index (κ3) is 4.71. The van der Waals surface area contributed by atoms with Crippen LogP contribution in [0.15, 0.2) is 53.7 Å². The van der Waals surface area contributed by atoms with Crippen molar-refractivity contribution in [2.24, 2.45) is 0 Å². The van der Waals surface area contributed by atoms with Gasteiger partial charge in [-0.05, 0) is 47.0 Å². The van der Waals surface area contributed by atoms with Crippen LogP contribution in [-0.2, 0) is 11.3 Å². The first-order chi connectivity index (χ1) is 14.6. The van der Waals surface area contributed by atoms with Gasteiger partial charge >= 0.3 is 0 Å². The van der Waals surface area contributed by atoms with Crippen LogP contribution in [0.25, 0.3) is 5.69 Å². The van der Waals surface area contributed by atoms with Gasteiger partial charge in [-0.3, -0.25) is 9.69 Å². The lowest BCUT2D eigenvalue weighted by atomic mass is 10.1. The number of aromatic nitrogens is 4. The molecule has 1 aromatic heterocycles. The van der Waals surface area contributed by atoms with Crippen molar-refractivity contribution >= 4 is 17.7 Å². The summed E-state index contributed by atoms with van der Waals surface area (Å²) in [5, 5.41) is 12.6. The fourth-order valence-electron chi connectivity index (χ4n) is 3.62. The normalized spacial score (nSPS) is 14.8. The van der Waals surface area contributed by atoms with E-state index < -0.39 is 0 Å². The highest BCUT2D eigenvalue weighted by Crippen LogP contribution is 2.21. The van der Waals surface area contributed by atoms with Crippen molar-refractivity contribution in [3.63, 3.8) is 0 Å². The Bertz CT molecular complexity index is 1010. The summed E-state index contributed by atoms with van der Waals surface area (Å²) in [6.07, 6.45) is 0. The number of hydrogen-bond donors (Lipinski definition) is 0. The van der Waals surface area contributed by atoms with Crippen molar-refractivity contribution < 1.29 is 4.79 Å². The van der Waals surface area contributed by atoms with Gasteiger partial charge in [-0.15, -0.1) is 5.10 Å². The number of thioether (sulfide) groups is 1. The largest absolute Gasteiger partial charge is 0.339 e. The number of carbonyl (C=O) groups excluding carboxylic acids is 1. The molecule has 1 aliphatic rings. The summed E-state index contributed by atoms with van der Waals surface area (Å²) in [5.74, 6) is 0.471. The fourth-order valence-corrected chi connectivity index (χ4v) is 4.41. The van der Waals surface area contributed by atoms with Crippen molar-refractivity contribution in [1.82, 2.24) is 30.0 Å². The van der Waals surface area contributed by atoms with E-state index in [1.165, 1.54) is 22.9 Å². The summed E-state index contributed by atoms with van der Waals surface area (Å²) in [6.45, 7) is 8.41. The van der Waals surface area contributed by atoms with Crippen LogP contribution in [0.3, 0.4) is 0 Å². The number of tetrazole rings is 1. The lowest BCUT2D eigenvalue weighted by Crippen LogP contribution is -2.48. The molecule has 2 aromatic carbocycles. The molecule has 0 aliphatic carbocycles. The Hall–Kier alpha value is -2.71. The Balaban J connectivity index is 1.30. The summed E-state index contributed by atoms with van der Waals surface area (Å²) in [4.78, 5) is 17.1. The zero-order chi connectivity index (χ0) is 20.9. The van der Waals surface area contributed by atoms with E-state index in [4.69, 9.17) is 0 Å². The van der Waals surface area contributed by atoms with E-state index in [1.54, 1.807) is 4.68 Å². The summed E-state index contributed by atoms with van der Waals surface area (Å²) in [7, 11) is 0. The SMILES string of the molecule is Cc1ccccc1CN1CCN(C(=O)CSc2nnnn2-c2ccccc2C)CC1. The smallest absolute Gasteiger partial charge is 0.233 e. The summed E-state index contributed by atoms with van der Waals surface area (Å²) < 4.78 is 1.70. The molecule has 0 saturated carbocycles. The number of amides is 1. The number of nitrogens with zero attached hydrogens (tertiary/aromatic N) is 6. The van der Waals surface area contributed by atoms with Crippen LogP contribution in [0, 0.1) is 13.8 Å². The number of piperazine rings is 1. The van der Waals surface area contributed by atoms with Crippen molar-refractivity contribution in [2.75, 3.05) is 31.9 Å². The molecule has 1 amide bonds. The molecule has 30 heavy (non-hydrogen) atoms. The topological polar surface area (TPSA) is 67.2 Å². The van der Waals surface area contributed by atoms with Gasteiger partial charge in [-0.25, -0.2) is 0 Å². The van der Waals surface area contributed by atoms with Gasteiger partial charge in [-0.1, -0.05) is 54.2 Å². The fraction of sp³-hybridized carbons (Fsp3) is 0.364. The van der Waals surface area contributed by atoms with E-state index in [1.807, 2.05) is 36.1 Å². The zero-order valence-corrected chi connectivity index (χ0v) is 18.2. The molecule has 8 heteroatoms. The van der Waals surface area contributed by atoms with Gasteiger partial charge in [0.25, 0.3) is 0 Å². The number of hydrogen-bond acceptors (Lipinski definition) is 6. The van der Waals surface area contributed by atoms with Crippen LogP contribution in [0.5, 0.6) is 0 Å². The molecule has 1 aliphatic heterocycles. The average Bonchev–Trinajstić information content (AvgIpc) is 3.23. The molecule has 0 radical (unpaired) electrons. The van der Waals surface area contributed by atoms with Crippen LogP contribution in [0.4, 0.5) is 0 Å². The first-order valence-corrected chi connectivity index (χ1v) is 11.1. The van der Waals surface area contributed by atoms with Crippen LogP contribution in [0.2, 0.25) is 0 Å². The second-order valence-corrected chi connectivity index (χ2v) is 8.47. The Labute approximate surface area is 181 Å². The number of carbonyl (C=O) groups is 1. The third-order valence-electron chi connectivity index (χ3n) is 5.49. The summed E-state index contributed by atoms with van der Waals surface area (Å²) >= 11 is 1.39. The molecule has 0 spiro atoms. The maximum atomic E-state index is 12.7. The van der Waals surface area contributed by atoms with Gasteiger partial charge in [0.05, 0.1) is 11.4 Å². The van der Waals surface area contributed by atoms with Crippen LogP contribution >= 0.6 is 11.8 Å². The molecule has 1 saturated heterocycles. The van der Waals surface area contributed by atoms with E-state index >= 15 is 0 Å². The van der Waals surface area contributed by atoms with Crippen molar-refractivity contribution in [3.8, 4) is 5.69 Å². The van der Waals surface area contributed by atoms with Crippen molar-refractivity contribution in [2.45, 2.75) is 25.5 Å². The second kappa shape index (κ2) is 9.40. The highest BCUT2D eigenvalue weighted by Gasteiger charge is 2.22. The highest BCUT2D eigenvalue weighted by molar-refractivity contribution is 7.99. The van der Waals surface area contributed by atoms with Crippen molar-refractivity contribution in [3.05, 3.63) is 65.2 Å². The number of aryl methyl sites for hydroxylation is 2. The predicted octanol–water partition coefficient (Wildman–Crippen LogP) is 2.72. The summed E-state index contributed by atoms with van der Waals surface area (Å²) in [5.41, 5.74) is 4.69. The molecule has 0 unspecified atom stereocenters. The summed E-state index contributed by atoms with van der Waals surface area (Å²) in [6, 6.07) is 16.4. The van der Waals surface area contributed by atoms with Gasteiger partial charge in [0.2, 0.25) is 11.1 Å². The maximum absolute atomic E-state index is 12.7. The molecular formula is C22H26N6OS. The molecule has 7 nitrogen and oxygen atoms in total. The molecule has 0 bridgehead atoms. The minimum atomic E-state index is 0.134.